The largest absolute Gasteiger partial charge is 0.330 e. The van der Waals surface area contributed by atoms with E-state index in [1.54, 1.807) is 4.68 Å². The van der Waals surface area contributed by atoms with Gasteiger partial charge in [0.2, 0.25) is 5.91 Å². The molecule has 2 rings (SSSR count). The Kier molecular flexibility index (Phi) is 4.58. The molecule has 0 aliphatic carbocycles. The monoisotopic (exact) mass is 280 g/mol. The van der Waals surface area contributed by atoms with Crippen molar-refractivity contribution in [1.29, 1.82) is 0 Å². The molecule has 7 nitrogen and oxygen atoms in total. The zero-order valence-electron chi connectivity index (χ0n) is 10.7. The number of hydrogen-bond donors (Lipinski definition) is 2. The third-order valence-corrected chi connectivity index (χ3v) is 3.19. The minimum absolute atomic E-state index is 0.120. The van der Waals surface area contributed by atoms with Crippen LogP contribution in [0.2, 0.25) is 0 Å². The van der Waals surface area contributed by atoms with Crippen LogP contribution in [0.1, 0.15) is 24.7 Å². The molecular formula is C11H16N6OS. The lowest BCUT2D eigenvalue weighted by atomic mass is 10.2. The Bertz CT molecular complexity index is 549. The number of rotatable bonds is 6. The molecule has 2 aromatic heterocycles. The van der Waals surface area contributed by atoms with Gasteiger partial charge >= 0.3 is 0 Å². The molecule has 102 valence electrons. The minimum atomic E-state index is -0.120. The van der Waals surface area contributed by atoms with Gasteiger partial charge in [0.15, 0.2) is 5.13 Å². The number of nitrogens with zero attached hydrogens (tertiary/aromatic N) is 4. The van der Waals surface area contributed by atoms with E-state index in [1.165, 1.54) is 18.3 Å². The van der Waals surface area contributed by atoms with Crippen LogP contribution in [0.5, 0.6) is 0 Å². The average molecular weight is 280 g/mol. The van der Waals surface area contributed by atoms with Crippen molar-refractivity contribution in [2.45, 2.75) is 26.3 Å². The van der Waals surface area contributed by atoms with Gasteiger partial charge in [-0.15, -0.1) is 16.4 Å². The average Bonchev–Trinajstić information content (AvgIpc) is 2.96. The summed E-state index contributed by atoms with van der Waals surface area (Å²) in [6.45, 7) is 2.66. The minimum Gasteiger partial charge on any atom is -0.330 e. The molecule has 0 spiro atoms. The molecule has 0 atom stereocenters. The number of amides is 1. The second-order valence-electron chi connectivity index (χ2n) is 4.12. The molecule has 19 heavy (non-hydrogen) atoms. The normalized spacial score (nSPS) is 10.6. The number of thiazole rings is 1. The van der Waals surface area contributed by atoms with Crippen LogP contribution in [0.25, 0.3) is 0 Å². The zero-order valence-corrected chi connectivity index (χ0v) is 11.5. The van der Waals surface area contributed by atoms with Crippen molar-refractivity contribution in [2.24, 2.45) is 5.73 Å². The third-order valence-electron chi connectivity index (χ3n) is 2.38. The Labute approximate surface area is 114 Å². The second-order valence-corrected chi connectivity index (χ2v) is 4.98. The Hall–Kier alpha value is -1.80. The molecule has 2 aromatic rings. The Morgan fingerprint density at radius 1 is 1.53 bits per heavy atom. The van der Waals surface area contributed by atoms with Crippen molar-refractivity contribution >= 4 is 22.4 Å². The first-order chi connectivity index (χ1) is 9.17. The van der Waals surface area contributed by atoms with Crippen LogP contribution in [-0.4, -0.2) is 32.4 Å². The van der Waals surface area contributed by atoms with Crippen LogP contribution in [0.15, 0.2) is 11.6 Å². The van der Waals surface area contributed by atoms with Crippen LogP contribution >= 0.6 is 11.3 Å². The summed E-state index contributed by atoms with van der Waals surface area (Å²) in [6, 6.07) is 0. The van der Waals surface area contributed by atoms with Crippen molar-refractivity contribution in [2.75, 3.05) is 11.9 Å². The first-order valence-electron chi connectivity index (χ1n) is 5.98. The van der Waals surface area contributed by atoms with Gasteiger partial charge < -0.3 is 11.1 Å². The summed E-state index contributed by atoms with van der Waals surface area (Å²) < 4.78 is 1.73. The van der Waals surface area contributed by atoms with E-state index in [0.717, 1.165) is 24.2 Å². The van der Waals surface area contributed by atoms with Crippen molar-refractivity contribution < 1.29 is 4.79 Å². The molecule has 0 fully saturated rings. The summed E-state index contributed by atoms with van der Waals surface area (Å²) in [5.41, 5.74) is 7.24. The Morgan fingerprint density at radius 2 is 2.37 bits per heavy atom. The number of carbonyl (C=O) groups excluding carboxylic acids is 1. The second kappa shape index (κ2) is 6.39. The van der Waals surface area contributed by atoms with Gasteiger partial charge in [0, 0.05) is 18.5 Å². The van der Waals surface area contributed by atoms with Crippen LogP contribution < -0.4 is 11.1 Å². The van der Waals surface area contributed by atoms with Gasteiger partial charge in [-0.3, -0.25) is 4.79 Å². The standard InChI is InChI=1S/C11H16N6OS/c1-8(18)13-11-14-10(7-19-11)6-17-5-9(15-16-17)3-2-4-12/h5,7H,2-4,6,12H2,1H3,(H,13,14,18). The van der Waals surface area contributed by atoms with E-state index in [1.807, 2.05) is 11.6 Å². The number of aryl methyl sites for hydroxylation is 1. The van der Waals surface area contributed by atoms with Gasteiger partial charge in [0.1, 0.15) is 0 Å². The smallest absolute Gasteiger partial charge is 0.223 e. The predicted molar refractivity (Wildman–Crippen MR) is 72.9 cm³/mol. The van der Waals surface area contributed by atoms with Crippen molar-refractivity contribution in [3.8, 4) is 0 Å². The maximum atomic E-state index is 10.9. The lowest BCUT2D eigenvalue weighted by Gasteiger charge is -1.96. The molecule has 0 unspecified atom stereocenters. The zero-order chi connectivity index (χ0) is 13.7. The lowest BCUT2D eigenvalue weighted by Crippen LogP contribution is -2.06. The molecule has 3 N–H and O–H groups in total. The first kappa shape index (κ1) is 13.6. The van der Waals surface area contributed by atoms with Crippen molar-refractivity contribution in [3.63, 3.8) is 0 Å². The molecule has 1 amide bonds. The molecule has 0 aliphatic rings. The number of nitrogens with one attached hydrogen (secondary N) is 1. The molecule has 0 saturated heterocycles. The summed E-state index contributed by atoms with van der Waals surface area (Å²) in [4.78, 5) is 15.2. The molecule has 8 heteroatoms. The number of nitrogens with two attached hydrogens (primary N) is 1. The maximum Gasteiger partial charge on any atom is 0.223 e. The van der Waals surface area contributed by atoms with E-state index in [0.29, 0.717) is 18.2 Å². The Morgan fingerprint density at radius 3 is 3.11 bits per heavy atom. The van der Waals surface area contributed by atoms with Crippen LogP contribution in [0, 0.1) is 0 Å². The van der Waals surface area contributed by atoms with E-state index >= 15 is 0 Å². The van der Waals surface area contributed by atoms with Gasteiger partial charge in [-0.2, -0.15) is 0 Å². The lowest BCUT2D eigenvalue weighted by molar-refractivity contribution is -0.114. The van der Waals surface area contributed by atoms with Crippen LogP contribution in [0.3, 0.4) is 0 Å². The molecule has 0 aromatic carbocycles. The third kappa shape index (κ3) is 4.11. The van der Waals surface area contributed by atoms with Crippen LogP contribution in [-0.2, 0) is 17.8 Å². The van der Waals surface area contributed by atoms with E-state index in [2.05, 4.69) is 20.6 Å². The van der Waals surface area contributed by atoms with Gasteiger partial charge in [-0.05, 0) is 19.4 Å². The van der Waals surface area contributed by atoms with Gasteiger partial charge in [-0.25, -0.2) is 9.67 Å². The quantitative estimate of drug-likeness (QED) is 0.808. The van der Waals surface area contributed by atoms with Crippen LogP contribution in [0.4, 0.5) is 5.13 Å². The fraction of sp³-hybridized carbons (Fsp3) is 0.455. The molecule has 0 aliphatic heterocycles. The highest BCUT2D eigenvalue weighted by Gasteiger charge is 2.06. The predicted octanol–water partition coefficient (Wildman–Crippen LogP) is 0.633. The van der Waals surface area contributed by atoms with Crippen molar-refractivity contribution in [3.05, 3.63) is 23.0 Å². The highest BCUT2D eigenvalue weighted by atomic mass is 32.1. The number of carbonyl (C=O) groups is 1. The molecule has 0 saturated carbocycles. The first-order valence-corrected chi connectivity index (χ1v) is 6.86. The SMILES string of the molecule is CC(=O)Nc1nc(Cn2cc(CCCN)nn2)cs1. The summed E-state index contributed by atoms with van der Waals surface area (Å²) >= 11 is 1.40. The fourth-order valence-electron chi connectivity index (χ4n) is 1.57. The topological polar surface area (TPSA) is 98.7 Å². The summed E-state index contributed by atoms with van der Waals surface area (Å²) in [7, 11) is 0. The highest BCUT2D eigenvalue weighted by molar-refractivity contribution is 7.13. The van der Waals surface area contributed by atoms with Gasteiger partial charge in [0.05, 0.1) is 17.9 Å². The van der Waals surface area contributed by atoms with E-state index in [-0.39, 0.29) is 5.91 Å². The van der Waals surface area contributed by atoms with E-state index < -0.39 is 0 Å². The Balaban J connectivity index is 1.94. The molecule has 0 bridgehead atoms. The van der Waals surface area contributed by atoms with Gasteiger partial charge in [0.25, 0.3) is 0 Å². The van der Waals surface area contributed by atoms with E-state index in [4.69, 9.17) is 5.73 Å². The maximum absolute atomic E-state index is 10.9. The summed E-state index contributed by atoms with van der Waals surface area (Å²) in [5, 5.41) is 13.3. The summed E-state index contributed by atoms with van der Waals surface area (Å²) in [5.74, 6) is -0.120. The van der Waals surface area contributed by atoms with Crippen molar-refractivity contribution in [1.82, 2.24) is 20.0 Å². The molecule has 2 heterocycles. The molecular weight excluding hydrogens is 264 g/mol. The number of aromatic nitrogens is 4. The highest BCUT2D eigenvalue weighted by Crippen LogP contribution is 2.15. The number of hydrogen-bond acceptors (Lipinski definition) is 6. The van der Waals surface area contributed by atoms with Gasteiger partial charge in [-0.1, -0.05) is 5.21 Å². The summed E-state index contributed by atoms with van der Waals surface area (Å²) in [6.07, 6.45) is 3.64. The molecule has 0 radical (unpaired) electrons. The van der Waals surface area contributed by atoms with E-state index in [9.17, 15) is 4.79 Å². The fourth-order valence-corrected chi connectivity index (χ4v) is 2.31. The number of anilines is 1.